The molecule has 0 aliphatic rings. The molecular weight excluding hydrogens is 214 g/mol. The highest BCUT2D eigenvalue weighted by molar-refractivity contribution is 5.81. The maximum absolute atomic E-state index is 8.85. The second kappa shape index (κ2) is 5.29. The van der Waals surface area contributed by atoms with Crippen LogP contribution in [0.5, 0.6) is 0 Å². The molecule has 0 aliphatic heterocycles. The molecule has 0 radical (unpaired) electrons. The molecule has 4 heteroatoms. The first-order chi connectivity index (χ1) is 8.22. The van der Waals surface area contributed by atoms with Crippen molar-refractivity contribution in [1.29, 1.82) is 0 Å². The number of nitrogens with one attached hydrogen (secondary N) is 1. The lowest BCUT2D eigenvalue weighted by molar-refractivity contribution is 0.268. The Labute approximate surface area is 101 Å². The van der Waals surface area contributed by atoms with Gasteiger partial charge in [0.1, 0.15) is 0 Å². The van der Waals surface area contributed by atoms with Gasteiger partial charge in [-0.05, 0) is 19.4 Å². The predicted octanol–water partition coefficient (Wildman–Crippen LogP) is 1.43. The van der Waals surface area contributed by atoms with Crippen molar-refractivity contribution in [3.05, 3.63) is 30.0 Å². The van der Waals surface area contributed by atoms with E-state index in [1.54, 1.807) is 0 Å². The molecule has 1 unspecified atom stereocenters. The summed E-state index contributed by atoms with van der Waals surface area (Å²) in [7, 11) is 1.96. The normalized spacial score (nSPS) is 13.1. The third-order valence-electron chi connectivity index (χ3n) is 3.01. The summed E-state index contributed by atoms with van der Waals surface area (Å²) in [6.07, 6.45) is 0.769. The zero-order valence-corrected chi connectivity index (χ0v) is 10.3. The Morgan fingerprint density at radius 2 is 2.18 bits per heavy atom. The van der Waals surface area contributed by atoms with Crippen molar-refractivity contribution in [2.45, 2.75) is 25.9 Å². The van der Waals surface area contributed by atoms with Crippen LogP contribution in [0.15, 0.2) is 24.3 Å². The summed E-state index contributed by atoms with van der Waals surface area (Å²) in [5.41, 5.74) is 2.21. The first kappa shape index (κ1) is 12.1. The maximum Gasteiger partial charge on any atom is 0.0841 e. The average Bonchev–Trinajstić information content (AvgIpc) is 2.65. The number of aromatic nitrogens is 2. The van der Waals surface area contributed by atoms with E-state index >= 15 is 0 Å². The molecule has 0 fully saturated rings. The van der Waals surface area contributed by atoms with Gasteiger partial charge in [-0.15, -0.1) is 0 Å². The van der Waals surface area contributed by atoms with Crippen molar-refractivity contribution >= 4 is 10.9 Å². The lowest BCUT2D eigenvalue weighted by Crippen LogP contribution is -2.26. The minimum Gasteiger partial charge on any atom is -0.396 e. The molecule has 2 aromatic rings. The summed E-state index contributed by atoms with van der Waals surface area (Å²) in [6.45, 7) is 3.03. The van der Waals surface area contributed by atoms with E-state index in [9.17, 15) is 0 Å². The summed E-state index contributed by atoms with van der Waals surface area (Å²) in [4.78, 5) is 0. The van der Waals surface area contributed by atoms with Gasteiger partial charge in [0, 0.05) is 31.6 Å². The van der Waals surface area contributed by atoms with E-state index in [1.165, 1.54) is 5.39 Å². The van der Waals surface area contributed by atoms with E-state index in [4.69, 9.17) is 5.11 Å². The maximum atomic E-state index is 8.85. The predicted molar refractivity (Wildman–Crippen MR) is 68.7 cm³/mol. The number of nitrogens with zero attached hydrogens (tertiary/aromatic N) is 2. The molecule has 2 rings (SSSR count). The fourth-order valence-electron chi connectivity index (χ4n) is 1.99. The fraction of sp³-hybridized carbons (Fsp3) is 0.462. The van der Waals surface area contributed by atoms with Crippen LogP contribution in [0.1, 0.15) is 19.0 Å². The van der Waals surface area contributed by atoms with Crippen LogP contribution in [-0.2, 0) is 13.6 Å². The molecule has 0 amide bonds. The number of benzene rings is 1. The van der Waals surface area contributed by atoms with Gasteiger partial charge >= 0.3 is 0 Å². The molecule has 1 aromatic heterocycles. The SMILES string of the molecule is CC(CCO)NCc1nn(C)c2ccccc12. The lowest BCUT2D eigenvalue weighted by atomic mass is 10.2. The third kappa shape index (κ3) is 2.65. The number of aliphatic hydroxyl groups excluding tert-OH is 1. The van der Waals surface area contributed by atoms with Gasteiger partial charge in [0.2, 0.25) is 0 Å². The molecule has 0 spiro atoms. The molecule has 2 N–H and O–H groups in total. The first-order valence-electron chi connectivity index (χ1n) is 5.97. The Kier molecular flexibility index (Phi) is 3.76. The van der Waals surface area contributed by atoms with Crippen LogP contribution in [0.3, 0.4) is 0 Å². The van der Waals surface area contributed by atoms with Crippen LogP contribution in [0.4, 0.5) is 0 Å². The molecule has 92 valence electrons. The molecule has 0 saturated heterocycles. The van der Waals surface area contributed by atoms with E-state index in [0.717, 1.165) is 24.2 Å². The van der Waals surface area contributed by atoms with Crippen molar-refractivity contribution in [1.82, 2.24) is 15.1 Å². The van der Waals surface area contributed by atoms with Gasteiger partial charge in [-0.1, -0.05) is 18.2 Å². The average molecular weight is 233 g/mol. The summed E-state index contributed by atoms with van der Waals surface area (Å²) in [5, 5.41) is 17.9. The number of rotatable bonds is 5. The minimum absolute atomic E-state index is 0.219. The highest BCUT2D eigenvalue weighted by Crippen LogP contribution is 2.17. The molecular formula is C13H19N3O. The van der Waals surface area contributed by atoms with E-state index in [-0.39, 0.29) is 6.61 Å². The van der Waals surface area contributed by atoms with E-state index in [0.29, 0.717) is 6.04 Å². The Morgan fingerprint density at radius 1 is 1.41 bits per heavy atom. The Balaban J connectivity index is 2.13. The smallest absolute Gasteiger partial charge is 0.0841 e. The van der Waals surface area contributed by atoms with Gasteiger partial charge in [-0.3, -0.25) is 4.68 Å². The van der Waals surface area contributed by atoms with E-state index < -0.39 is 0 Å². The Hall–Kier alpha value is -1.39. The van der Waals surface area contributed by atoms with E-state index in [1.807, 2.05) is 23.9 Å². The fourth-order valence-corrected chi connectivity index (χ4v) is 1.99. The molecule has 17 heavy (non-hydrogen) atoms. The molecule has 0 bridgehead atoms. The molecule has 1 heterocycles. The van der Waals surface area contributed by atoms with Gasteiger partial charge in [-0.25, -0.2) is 0 Å². The number of aryl methyl sites for hydroxylation is 1. The standard InChI is InChI=1S/C13H19N3O/c1-10(7-8-17)14-9-12-11-5-3-4-6-13(11)16(2)15-12/h3-6,10,14,17H,7-9H2,1-2H3. The largest absolute Gasteiger partial charge is 0.396 e. The van der Waals surface area contributed by atoms with Gasteiger partial charge in [0.05, 0.1) is 11.2 Å². The summed E-state index contributed by atoms with van der Waals surface area (Å²) in [5.74, 6) is 0. The quantitative estimate of drug-likeness (QED) is 0.821. The lowest BCUT2D eigenvalue weighted by Gasteiger charge is -2.10. The molecule has 4 nitrogen and oxygen atoms in total. The minimum atomic E-state index is 0.219. The van der Waals surface area contributed by atoms with Gasteiger partial charge in [0.25, 0.3) is 0 Å². The van der Waals surface area contributed by atoms with Crippen molar-refractivity contribution in [2.75, 3.05) is 6.61 Å². The molecule has 1 aromatic carbocycles. The van der Waals surface area contributed by atoms with Crippen LogP contribution in [-0.4, -0.2) is 27.5 Å². The second-order valence-electron chi connectivity index (χ2n) is 4.38. The van der Waals surface area contributed by atoms with Crippen molar-refractivity contribution < 1.29 is 5.11 Å². The van der Waals surface area contributed by atoms with Crippen LogP contribution < -0.4 is 5.32 Å². The van der Waals surface area contributed by atoms with E-state index in [2.05, 4.69) is 29.5 Å². The van der Waals surface area contributed by atoms with Crippen molar-refractivity contribution in [3.63, 3.8) is 0 Å². The monoisotopic (exact) mass is 233 g/mol. The van der Waals surface area contributed by atoms with Crippen LogP contribution in [0.2, 0.25) is 0 Å². The molecule has 0 aliphatic carbocycles. The highest BCUT2D eigenvalue weighted by Gasteiger charge is 2.08. The van der Waals surface area contributed by atoms with Gasteiger partial charge < -0.3 is 10.4 Å². The third-order valence-corrected chi connectivity index (χ3v) is 3.01. The van der Waals surface area contributed by atoms with Crippen LogP contribution in [0, 0.1) is 0 Å². The number of hydrogen-bond acceptors (Lipinski definition) is 3. The van der Waals surface area contributed by atoms with Crippen molar-refractivity contribution in [2.24, 2.45) is 7.05 Å². The highest BCUT2D eigenvalue weighted by atomic mass is 16.3. The van der Waals surface area contributed by atoms with Crippen molar-refractivity contribution in [3.8, 4) is 0 Å². The second-order valence-corrected chi connectivity index (χ2v) is 4.38. The first-order valence-corrected chi connectivity index (χ1v) is 5.97. The molecule has 1 atom stereocenters. The number of fused-ring (bicyclic) bond motifs is 1. The van der Waals surface area contributed by atoms with Crippen LogP contribution >= 0.6 is 0 Å². The Morgan fingerprint density at radius 3 is 2.94 bits per heavy atom. The number of para-hydroxylation sites is 1. The topological polar surface area (TPSA) is 50.1 Å². The summed E-state index contributed by atoms with van der Waals surface area (Å²) in [6, 6.07) is 8.53. The zero-order valence-electron chi connectivity index (χ0n) is 10.3. The summed E-state index contributed by atoms with van der Waals surface area (Å²) < 4.78 is 1.91. The number of hydrogen-bond donors (Lipinski definition) is 2. The number of aliphatic hydroxyl groups is 1. The zero-order chi connectivity index (χ0) is 12.3. The summed E-state index contributed by atoms with van der Waals surface area (Å²) >= 11 is 0. The molecule has 0 saturated carbocycles. The van der Waals surface area contributed by atoms with Gasteiger partial charge in [-0.2, -0.15) is 5.10 Å². The Bertz CT molecular complexity index is 492. The van der Waals surface area contributed by atoms with Gasteiger partial charge in [0.15, 0.2) is 0 Å². The van der Waals surface area contributed by atoms with Crippen LogP contribution in [0.25, 0.3) is 10.9 Å².